The molecule has 1 aromatic carbocycles. The van der Waals surface area contributed by atoms with Gasteiger partial charge in [0.25, 0.3) is 5.91 Å². The van der Waals surface area contributed by atoms with E-state index >= 15 is 0 Å². The van der Waals surface area contributed by atoms with Gasteiger partial charge in [-0.05, 0) is 38.0 Å². The topological polar surface area (TPSA) is 71.1 Å². The van der Waals surface area contributed by atoms with E-state index in [1.165, 1.54) is 7.11 Å². The molecule has 2 amide bonds. The van der Waals surface area contributed by atoms with Gasteiger partial charge in [0.15, 0.2) is 0 Å². The highest BCUT2D eigenvalue weighted by atomic mass is 35.5. The first kappa shape index (κ1) is 21.9. The first-order chi connectivity index (χ1) is 14.0. The average Bonchev–Trinajstić information content (AvgIpc) is 2.74. The molecule has 29 heavy (non-hydrogen) atoms. The number of likely N-dealkylation sites (tertiary alicyclic amines) is 1. The second kappa shape index (κ2) is 10.3. The molecule has 2 fully saturated rings. The summed E-state index contributed by atoms with van der Waals surface area (Å²) in [6, 6.07) is 5.13. The molecule has 3 rings (SSSR count). The molecule has 2 aliphatic rings. The van der Waals surface area contributed by atoms with Crippen LogP contribution in [0.5, 0.6) is 5.75 Å². The van der Waals surface area contributed by atoms with Gasteiger partial charge >= 0.3 is 0 Å². The van der Waals surface area contributed by atoms with E-state index < -0.39 is 0 Å². The van der Waals surface area contributed by atoms with Gasteiger partial charge < -0.3 is 19.7 Å². The smallest absolute Gasteiger partial charge is 0.257 e. The first-order valence-electron chi connectivity index (χ1n) is 10.2. The molecular formula is C21H30ClN3O4. The number of nitrogens with one attached hydrogen (secondary N) is 1. The van der Waals surface area contributed by atoms with Gasteiger partial charge in [-0.1, -0.05) is 11.6 Å². The van der Waals surface area contributed by atoms with Gasteiger partial charge in [0.05, 0.1) is 25.9 Å². The van der Waals surface area contributed by atoms with Crippen LogP contribution in [-0.4, -0.2) is 80.7 Å². The normalized spacial score (nSPS) is 19.6. The maximum atomic E-state index is 12.9. The van der Waals surface area contributed by atoms with E-state index in [0.717, 1.165) is 32.8 Å². The molecule has 0 aromatic heterocycles. The summed E-state index contributed by atoms with van der Waals surface area (Å²) in [6.07, 6.45) is 1.31. The van der Waals surface area contributed by atoms with Crippen LogP contribution in [0.15, 0.2) is 18.2 Å². The van der Waals surface area contributed by atoms with Crippen LogP contribution in [0.2, 0.25) is 5.02 Å². The number of halogens is 1. The zero-order valence-electron chi connectivity index (χ0n) is 17.2. The Hall–Kier alpha value is -1.83. The highest BCUT2D eigenvalue weighted by molar-refractivity contribution is 6.31. The molecule has 1 atom stereocenters. The van der Waals surface area contributed by atoms with Gasteiger partial charge in [0.1, 0.15) is 5.75 Å². The number of amides is 2. The third-order valence-electron chi connectivity index (χ3n) is 5.57. The number of piperidine rings is 1. The summed E-state index contributed by atoms with van der Waals surface area (Å²) in [5.74, 6) is 0.422. The molecule has 160 valence electrons. The van der Waals surface area contributed by atoms with Gasteiger partial charge in [-0.15, -0.1) is 0 Å². The highest BCUT2D eigenvalue weighted by Crippen LogP contribution is 2.26. The van der Waals surface area contributed by atoms with Gasteiger partial charge in [0.2, 0.25) is 5.91 Å². The average molecular weight is 424 g/mol. The SMILES string of the molecule is COc1ccc(Cl)cc1C(=O)N1CCC(C(=O)NC(C)CN2CCOCC2)CC1. The Bertz CT molecular complexity index is 716. The van der Waals surface area contributed by atoms with Gasteiger partial charge in [-0.25, -0.2) is 0 Å². The molecule has 1 aromatic rings. The zero-order valence-corrected chi connectivity index (χ0v) is 17.9. The van der Waals surface area contributed by atoms with E-state index in [2.05, 4.69) is 10.2 Å². The number of benzene rings is 1. The van der Waals surface area contributed by atoms with Crippen molar-refractivity contribution in [2.75, 3.05) is 53.0 Å². The van der Waals surface area contributed by atoms with Crippen LogP contribution in [0.1, 0.15) is 30.1 Å². The number of hydrogen-bond acceptors (Lipinski definition) is 5. The molecule has 2 heterocycles. The van der Waals surface area contributed by atoms with Crippen molar-refractivity contribution < 1.29 is 19.1 Å². The summed E-state index contributed by atoms with van der Waals surface area (Å²) < 4.78 is 10.7. The molecule has 8 heteroatoms. The molecule has 0 saturated carbocycles. The van der Waals surface area contributed by atoms with Crippen molar-refractivity contribution in [3.63, 3.8) is 0 Å². The Morgan fingerprint density at radius 2 is 1.93 bits per heavy atom. The van der Waals surface area contributed by atoms with Gasteiger partial charge in [-0.3, -0.25) is 14.5 Å². The van der Waals surface area contributed by atoms with Crippen LogP contribution < -0.4 is 10.1 Å². The summed E-state index contributed by atoms with van der Waals surface area (Å²) in [7, 11) is 1.54. The van der Waals surface area contributed by atoms with Crippen LogP contribution >= 0.6 is 11.6 Å². The lowest BCUT2D eigenvalue weighted by molar-refractivity contribution is -0.127. The number of carbonyl (C=O) groups is 2. The molecule has 0 spiro atoms. The molecule has 1 unspecified atom stereocenters. The molecule has 2 saturated heterocycles. The van der Waals surface area contributed by atoms with Crippen molar-refractivity contribution in [2.24, 2.45) is 5.92 Å². The Morgan fingerprint density at radius 3 is 2.59 bits per heavy atom. The Balaban J connectivity index is 1.49. The fraction of sp³-hybridized carbons (Fsp3) is 0.619. The second-order valence-corrected chi connectivity index (χ2v) is 8.17. The van der Waals surface area contributed by atoms with E-state index in [4.69, 9.17) is 21.1 Å². The second-order valence-electron chi connectivity index (χ2n) is 7.73. The van der Waals surface area contributed by atoms with Crippen molar-refractivity contribution in [1.29, 1.82) is 0 Å². The monoisotopic (exact) mass is 423 g/mol. The lowest BCUT2D eigenvalue weighted by Gasteiger charge is -2.33. The number of methoxy groups -OCH3 is 1. The highest BCUT2D eigenvalue weighted by Gasteiger charge is 2.29. The first-order valence-corrected chi connectivity index (χ1v) is 10.6. The quantitative estimate of drug-likeness (QED) is 0.758. The van der Waals surface area contributed by atoms with Crippen LogP contribution in [0, 0.1) is 5.92 Å². The molecule has 0 radical (unpaired) electrons. The fourth-order valence-electron chi connectivity index (χ4n) is 3.94. The lowest BCUT2D eigenvalue weighted by atomic mass is 9.95. The predicted molar refractivity (Wildman–Crippen MR) is 111 cm³/mol. The summed E-state index contributed by atoms with van der Waals surface area (Å²) >= 11 is 6.05. The fourth-order valence-corrected chi connectivity index (χ4v) is 4.11. The molecule has 2 aliphatic heterocycles. The third-order valence-corrected chi connectivity index (χ3v) is 5.80. The van der Waals surface area contributed by atoms with E-state index in [9.17, 15) is 9.59 Å². The molecule has 0 aliphatic carbocycles. The molecular weight excluding hydrogens is 394 g/mol. The van der Waals surface area contributed by atoms with E-state index in [0.29, 0.717) is 42.3 Å². The van der Waals surface area contributed by atoms with E-state index in [-0.39, 0.29) is 23.8 Å². The van der Waals surface area contributed by atoms with Crippen molar-refractivity contribution >= 4 is 23.4 Å². The maximum Gasteiger partial charge on any atom is 0.257 e. The number of hydrogen-bond donors (Lipinski definition) is 1. The third kappa shape index (κ3) is 5.84. The lowest BCUT2D eigenvalue weighted by Crippen LogP contribution is -2.49. The summed E-state index contributed by atoms with van der Waals surface area (Å²) in [5, 5.41) is 3.63. The molecule has 7 nitrogen and oxygen atoms in total. The van der Waals surface area contributed by atoms with E-state index in [1.807, 2.05) is 6.92 Å². The number of ether oxygens (including phenoxy) is 2. The number of rotatable bonds is 6. The van der Waals surface area contributed by atoms with Crippen LogP contribution in [0.3, 0.4) is 0 Å². The van der Waals surface area contributed by atoms with Crippen molar-refractivity contribution in [3.05, 3.63) is 28.8 Å². The Morgan fingerprint density at radius 1 is 1.24 bits per heavy atom. The van der Waals surface area contributed by atoms with Crippen LogP contribution in [0.4, 0.5) is 0 Å². The number of nitrogens with zero attached hydrogens (tertiary/aromatic N) is 2. The number of morpholine rings is 1. The Labute approximate surface area is 177 Å². The number of carbonyl (C=O) groups excluding carboxylic acids is 2. The van der Waals surface area contributed by atoms with Gasteiger partial charge in [0, 0.05) is 49.7 Å². The van der Waals surface area contributed by atoms with Crippen molar-refractivity contribution in [2.45, 2.75) is 25.8 Å². The minimum absolute atomic E-state index is 0.0625. The van der Waals surface area contributed by atoms with Crippen LogP contribution in [-0.2, 0) is 9.53 Å². The standard InChI is InChI=1S/C21H30ClN3O4/c1-15(14-24-9-11-29-12-10-24)23-20(26)16-5-7-25(8-6-16)21(27)18-13-17(22)3-4-19(18)28-2/h3-4,13,15-16H,5-12,14H2,1-2H3,(H,23,26). The van der Waals surface area contributed by atoms with E-state index in [1.54, 1.807) is 23.1 Å². The van der Waals surface area contributed by atoms with Gasteiger partial charge in [-0.2, -0.15) is 0 Å². The van der Waals surface area contributed by atoms with Crippen LogP contribution in [0.25, 0.3) is 0 Å². The maximum absolute atomic E-state index is 12.9. The molecule has 1 N–H and O–H groups in total. The molecule has 0 bridgehead atoms. The Kier molecular flexibility index (Phi) is 7.75. The predicted octanol–water partition coefficient (Wildman–Crippen LogP) is 2.04. The van der Waals surface area contributed by atoms with Crippen molar-refractivity contribution in [3.8, 4) is 5.75 Å². The summed E-state index contributed by atoms with van der Waals surface area (Å²) in [4.78, 5) is 29.6. The largest absolute Gasteiger partial charge is 0.496 e. The summed E-state index contributed by atoms with van der Waals surface area (Å²) in [6.45, 7) is 7.30. The summed E-state index contributed by atoms with van der Waals surface area (Å²) in [5.41, 5.74) is 0.460. The minimum atomic E-state index is -0.108. The van der Waals surface area contributed by atoms with Crippen molar-refractivity contribution in [1.82, 2.24) is 15.1 Å². The minimum Gasteiger partial charge on any atom is -0.496 e. The zero-order chi connectivity index (χ0) is 20.8.